The van der Waals surface area contributed by atoms with Crippen LogP contribution in [0.15, 0.2) is 38.9 Å². The number of nitriles is 1. The van der Waals surface area contributed by atoms with E-state index in [9.17, 15) is 18.3 Å². The van der Waals surface area contributed by atoms with Crippen LogP contribution in [-0.4, -0.2) is 42.1 Å². The van der Waals surface area contributed by atoms with Crippen molar-refractivity contribution in [2.45, 2.75) is 31.1 Å². The first kappa shape index (κ1) is 19.8. The lowest BCUT2D eigenvalue weighted by Crippen LogP contribution is -2.35. The standard InChI is InChI=1S/C19H20N4O4S/c1-13-16(11-20)18(24)22-19(25)17(13)12-21-14-5-7-15(8-6-14)28(26,27)23-9-3-2-4-10-23/h5-8,12H,2-4,9-10H2,1H3,(H2,22,24,25). The van der Waals surface area contributed by atoms with Crippen LogP contribution in [0, 0.1) is 18.3 Å². The van der Waals surface area contributed by atoms with Crippen molar-refractivity contribution in [2.24, 2.45) is 4.99 Å². The van der Waals surface area contributed by atoms with Crippen LogP contribution in [0.3, 0.4) is 0 Å². The molecule has 9 heteroatoms. The molecule has 0 aliphatic carbocycles. The molecule has 2 N–H and O–H groups in total. The van der Waals surface area contributed by atoms with E-state index in [4.69, 9.17) is 5.26 Å². The van der Waals surface area contributed by atoms with Gasteiger partial charge >= 0.3 is 0 Å². The Balaban J connectivity index is 1.86. The Hall–Kier alpha value is -2.96. The number of nitrogens with one attached hydrogen (secondary N) is 1. The Morgan fingerprint density at radius 1 is 1.21 bits per heavy atom. The Kier molecular flexibility index (Phi) is 5.63. The van der Waals surface area contributed by atoms with Crippen LogP contribution in [0.4, 0.5) is 5.69 Å². The highest BCUT2D eigenvalue weighted by Gasteiger charge is 2.25. The first-order chi connectivity index (χ1) is 13.3. The predicted octanol–water partition coefficient (Wildman–Crippen LogP) is 2.19. The van der Waals surface area contributed by atoms with E-state index >= 15 is 0 Å². The summed E-state index contributed by atoms with van der Waals surface area (Å²) in [5.74, 6) is -0.380. The molecule has 0 spiro atoms. The Morgan fingerprint density at radius 3 is 2.46 bits per heavy atom. The molecule has 1 aromatic carbocycles. The van der Waals surface area contributed by atoms with E-state index < -0.39 is 15.6 Å². The van der Waals surface area contributed by atoms with E-state index in [-0.39, 0.29) is 21.9 Å². The molecule has 0 atom stereocenters. The quantitative estimate of drug-likeness (QED) is 0.761. The van der Waals surface area contributed by atoms with Crippen LogP contribution in [0.1, 0.15) is 36.0 Å². The number of nitrogens with zero attached hydrogens (tertiary/aromatic N) is 3. The van der Waals surface area contributed by atoms with Crippen LogP contribution in [-0.2, 0) is 10.0 Å². The highest BCUT2D eigenvalue weighted by molar-refractivity contribution is 7.89. The van der Waals surface area contributed by atoms with Crippen LogP contribution in [0.25, 0.3) is 0 Å². The third-order valence-corrected chi connectivity index (χ3v) is 6.65. The molecule has 1 aliphatic rings. The lowest BCUT2D eigenvalue weighted by Gasteiger charge is -2.25. The molecule has 1 aromatic heterocycles. The number of aromatic hydroxyl groups is 1. The van der Waals surface area contributed by atoms with Crippen molar-refractivity contribution in [1.82, 2.24) is 9.29 Å². The summed E-state index contributed by atoms with van der Waals surface area (Å²) in [4.78, 5) is 18.3. The van der Waals surface area contributed by atoms with Crippen LogP contribution in [0.5, 0.6) is 5.88 Å². The van der Waals surface area contributed by atoms with Crippen molar-refractivity contribution in [3.8, 4) is 11.9 Å². The fraction of sp³-hybridized carbons (Fsp3) is 0.316. The minimum atomic E-state index is -3.51. The molecule has 28 heavy (non-hydrogen) atoms. The van der Waals surface area contributed by atoms with Gasteiger partial charge in [0, 0.05) is 19.3 Å². The summed E-state index contributed by atoms with van der Waals surface area (Å²) >= 11 is 0. The van der Waals surface area contributed by atoms with Crippen LogP contribution in [0.2, 0.25) is 0 Å². The number of rotatable bonds is 4. The molecule has 0 amide bonds. The molecule has 2 heterocycles. The summed E-state index contributed by atoms with van der Waals surface area (Å²) in [5.41, 5.74) is 0.253. The number of hydrogen-bond donors (Lipinski definition) is 2. The molecular weight excluding hydrogens is 380 g/mol. The lowest BCUT2D eigenvalue weighted by molar-refractivity contribution is 0.346. The van der Waals surface area contributed by atoms with Crippen LogP contribution >= 0.6 is 0 Å². The number of hydrogen-bond acceptors (Lipinski definition) is 6. The number of H-pyrrole nitrogens is 1. The number of piperidine rings is 1. The second kappa shape index (κ2) is 7.96. The summed E-state index contributed by atoms with van der Waals surface area (Å²) in [5, 5.41) is 19.0. The zero-order valence-corrected chi connectivity index (χ0v) is 16.2. The lowest BCUT2D eigenvalue weighted by atomic mass is 10.1. The van der Waals surface area contributed by atoms with Crippen molar-refractivity contribution in [1.29, 1.82) is 5.26 Å². The molecule has 2 aromatic rings. The summed E-state index contributed by atoms with van der Waals surface area (Å²) in [6, 6.07) is 7.92. The Morgan fingerprint density at radius 2 is 1.86 bits per heavy atom. The molecule has 1 fully saturated rings. The van der Waals surface area contributed by atoms with Gasteiger partial charge in [0.2, 0.25) is 15.9 Å². The molecule has 0 unspecified atom stereocenters. The number of sulfonamides is 1. The highest BCUT2D eigenvalue weighted by Crippen LogP contribution is 2.23. The number of aromatic nitrogens is 1. The number of aromatic amines is 1. The van der Waals surface area contributed by atoms with Gasteiger partial charge in [-0.2, -0.15) is 9.57 Å². The number of aliphatic imine (C=N–C) groups is 1. The maximum atomic E-state index is 12.7. The molecule has 1 aliphatic heterocycles. The molecular formula is C19H20N4O4S. The maximum Gasteiger partial charge on any atom is 0.268 e. The third-order valence-electron chi connectivity index (χ3n) is 4.74. The normalized spacial score (nSPS) is 15.6. The van der Waals surface area contributed by atoms with Gasteiger partial charge in [0.05, 0.1) is 16.1 Å². The van der Waals surface area contributed by atoms with E-state index in [0.717, 1.165) is 19.3 Å². The van der Waals surface area contributed by atoms with Gasteiger partial charge in [0.25, 0.3) is 5.56 Å². The first-order valence-corrected chi connectivity index (χ1v) is 10.3. The molecule has 8 nitrogen and oxygen atoms in total. The zero-order valence-electron chi connectivity index (χ0n) is 15.3. The molecule has 1 saturated heterocycles. The van der Waals surface area contributed by atoms with E-state index in [1.165, 1.54) is 22.7 Å². The second-order valence-electron chi connectivity index (χ2n) is 6.55. The third kappa shape index (κ3) is 3.83. The van der Waals surface area contributed by atoms with Gasteiger partial charge in [-0.05, 0) is 49.6 Å². The largest absolute Gasteiger partial charge is 0.494 e. The van der Waals surface area contributed by atoms with Gasteiger partial charge in [-0.15, -0.1) is 0 Å². The van der Waals surface area contributed by atoms with Crippen molar-refractivity contribution in [3.63, 3.8) is 0 Å². The molecule has 146 valence electrons. The van der Waals surface area contributed by atoms with E-state index in [1.807, 2.05) is 0 Å². The molecule has 0 bridgehead atoms. The zero-order chi connectivity index (χ0) is 20.3. The van der Waals surface area contributed by atoms with Crippen molar-refractivity contribution in [2.75, 3.05) is 13.1 Å². The summed E-state index contributed by atoms with van der Waals surface area (Å²) in [6.07, 6.45) is 4.11. The number of benzene rings is 1. The molecule has 3 rings (SSSR count). The highest BCUT2D eigenvalue weighted by atomic mass is 32.2. The number of pyridine rings is 1. The van der Waals surface area contributed by atoms with Crippen LogP contribution < -0.4 is 5.56 Å². The second-order valence-corrected chi connectivity index (χ2v) is 8.48. The summed E-state index contributed by atoms with van der Waals surface area (Å²) in [7, 11) is -3.51. The smallest absolute Gasteiger partial charge is 0.268 e. The Bertz CT molecular complexity index is 1110. The summed E-state index contributed by atoms with van der Waals surface area (Å²) < 4.78 is 26.8. The first-order valence-electron chi connectivity index (χ1n) is 8.85. The maximum absolute atomic E-state index is 12.7. The minimum absolute atomic E-state index is 0.0952. The average Bonchev–Trinajstić information content (AvgIpc) is 2.69. The van der Waals surface area contributed by atoms with Crippen molar-refractivity contribution >= 4 is 21.9 Å². The van der Waals surface area contributed by atoms with Gasteiger partial charge in [-0.25, -0.2) is 8.42 Å². The van der Waals surface area contributed by atoms with E-state index in [1.54, 1.807) is 25.1 Å². The average molecular weight is 400 g/mol. The van der Waals surface area contributed by atoms with E-state index in [2.05, 4.69) is 9.98 Å². The Labute approximate surface area is 162 Å². The van der Waals surface area contributed by atoms with Crippen molar-refractivity contribution in [3.05, 3.63) is 51.3 Å². The molecule has 0 saturated carbocycles. The minimum Gasteiger partial charge on any atom is -0.494 e. The molecule has 0 radical (unpaired) electrons. The topological polar surface area (TPSA) is 127 Å². The van der Waals surface area contributed by atoms with E-state index in [0.29, 0.717) is 24.3 Å². The van der Waals surface area contributed by atoms with Gasteiger partial charge in [0.15, 0.2) is 0 Å². The van der Waals surface area contributed by atoms with Gasteiger partial charge in [0.1, 0.15) is 11.6 Å². The van der Waals surface area contributed by atoms with Gasteiger partial charge in [-0.1, -0.05) is 6.42 Å². The summed E-state index contributed by atoms with van der Waals surface area (Å²) in [6.45, 7) is 2.62. The van der Waals surface area contributed by atoms with Gasteiger partial charge < -0.3 is 5.11 Å². The predicted molar refractivity (Wildman–Crippen MR) is 104 cm³/mol. The monoisotopic (exact) mass is 400 g/mol. The van der Waals surface area contributed by atoms with Crippen molar-refractivity contribution < 1.29 is 13.5 Å². The fourth-order valence-corrected chi connectivity index (χ4v) is 4.63. The fourth-order valence-electron chi connectivity index (χ4n) is 3.11. The van der Waals surface area contributed by atoms with Gasteiger partial charge in [-0.3, -0.25) is 14.8 Å². The SMILES string of the molecule is Cc1c(C=Nc2ccc(S(=O)(=O)N3CCCCC3)cc2)c(O)[nH]c(=O)c1C#N.